The van der Waals surface area contributed by atoms with E-state index in [1.165, 1.54) is 64.2 Å². The van der Waals surface area contributed by atoms with Gasteiger partial charge in [-0.15, -0.1) is 0 Å². The molecule has 542 valence electrons. The molecule has 10 nitrogen and oxygen atoms in total. The molecule has 0 amide bonds. The lowest BCUT2D eigenvalue weighted by Crippen LogP contribution is -2.56. The van der Waals surface area contributed by atoms with Crippen molar-refractivity contribution in [3.8, 4) is 0 Å². The van der Waals surface area contributed by atoms with Crippen LogP contribution in [0.25, 0.3) is 0 Å². The molecule has 10 rings (SSSR count). The van der Waals surface area contributed by atoms with Crippen LogP contribution in [0.1, 0.15) is 181 Å². The van der Waals surface area contributed by atoms with Crippen LogP contribution in [0.15, 0.2) is 158 Å². The number of Topliss-reactive ketones (excluding diaryl/α,β-unsaturated/α-hetero) is 1. The van der Waals surface area contributed by atoms with Crippen molar-refractivity contribution in [2.75, 3.05) is 72.5 Å². The van der Waals surface area contributed by atoms with E-state index in [-0.39, 0.29) is 33.1 Å². The summed E-state index contributed by atoms with van der Waals surface area (Å²) >= 11 is 0. The van der Waals surface area contributed by atoms with Gasteiger partial charge in [0.25, 0.3) is 0 Å². The number of ketones is 1. The maximum absolute atomic E-state index is 13.6. The van der Waals surface area contributed by atoms with Gasteiger partial charge in [-0.05, 0) is 206 Å². The summed E-state index contributed by atoms with van der Waals surface area (Å²) in [6.07, 6.45) is 6.56. The summed E-state index contributed by atoms with van der Waals surface area (Å²) in [5.74, 6) is -3.44. The van der Waals surface area contributed by atoms with Crippen LogP contribution in [-0.4, -0.2) is 122 Å². The summed E-state index contributed by atoms with van der Waals surface area (Å²) in [5.41, 5.74) is 9.06. The second-order valence-electron chi connectivity index (χ2n) is 31.5. The van der Waals surface area contributed by atoms with Crippen molar-refractivity contribution in [1.82, 2.24) is 31.1 Å². The normalized spacial score (nSPS) is 20.3. The van der Waals surface area contributed by atoms with Crippen LogP contribution in [0, 0.1) is 34.9 Å². The molecule has 16 heteroatoms. The lowest BCUT2D eigenvalue weighted by Gasteiger charge is -2.44. The number of nitrogens with one attached hydrogen (secondary N) is 4. The monoisotopic (exact) mass is 1380 g/mol. The van der Waals surface area contributed by atoms with E-state index in [4.69, 9.17) is 0 Å². The highest BCUT2D eigenvalue weighted by atomic mass is 19.2. The highest BCUT2D eigenvalue weighted by Gasteiger charge is 2.40. The molecule has 0 bridgehead atoms. The first-order valence-electron chi connectivity index (χ1n) is 36.0. The Balaban J connectivity index is 0.000000193. The van der Waals surface area contributed by atoms with E-state index in [1.807, 2.05) is 30.3 Å². The molecule has 3 saturated heterocycles. The second kappa shape index (κ2) is 35.5. The van der Waals surface area contributed by atoms with Crippen LogP contribution in [0.4, 0.5) is 26.3 Å². The van der Waals surface area contributed by atoms with Gasteiger partial charge in [0, 0.05) is 63.0 Å². The maximum atomic E-state index is 13.6. The zero-order valence-electron chi connectivity index (χ0n) is 60.7. The molecule has 0 aliphatic carbocycles. The summed E-state index contributed by atoms with van der Waals surface area (Å²) in [7, 11) is 2.14. The minimum absolute atomic E-state index is 0.0193. The smallest absolute Gasteiger partial charge is 0.176 e. The molecule has 6 unspecified atom stereocenters. The fourth-order valence-corrected chi connectivity index (χ4v) is 14.2. The molecular weight excluding hydrogens is 1270 g/mol. The zero-order valence-corrected chi connectivity index (χ0v) is 60.7. The van der Waals surface area contributed by atoms with Crippen molar-refractivity contribution in [2.45, 2.75) is 191 Å². The molecule has 0 radical (unpaired) electrons. The number of piperidine rings is 3. The Morgan fingerprint density at radius 3 is 1.19 bits per heavy atom. The van der Waals surface area contributed by atoms with E-state index in [0.29, 0.717) is 93.5 Å². The maximum Gasteiger partial charge on any atom is 0.176 e. The number of aliphatic hydroxyl groups excluding tert-OH is 3. The average molecular weight is 1380 g/mol. The molecule has 7 aromatic carbocycles. The highest BCUT2D eigenvalue weighted by Crippen LogP contribution is 2.38. The van der Waals surface area contributed by atoms with E-state index < -0.39 is 58.8 Å². The van der Waals surface area contributed by atoms with Gasteiger partial charge in [-0.25, -0.2) is 26.3 Å². The van der Waals surface area contributed by atoms with Gasteiger partial charge in [0.15, 0.2) is 5.78 Å². The molecular formula is C84H110F6N6O4. The van der Waals surface area contributed by atoms with Crippen molar-refractivity contribution >= 4 is 5.78 Å². The summed E-state index contributed by atoms with van der Waals surface area (Å²) in [5, 5.41) is 46.5. The molecule has 3 fully saturated rings. The number of halogens is 6. The second-order valence-corrected chi connectivity index (χ2v) is 31.5. The lowest BCUT2D eigenvalue weighted by molar-refractivity contribution is 0.0758. The van der Waals surface area contributed by atoms with Crippen molar-refractivity contribution in [2.24, 2.45) is 0 Å². The van der Waals surface area contributed by atoms with Gasteiger partial charge in [0.1, 0.15) is 34.9 Å². The van der Waals surface area contributed by atoms with E-state index in [9.17, 15) is 46.5 Å². The molecule has 3 aliphatic rings. The Labute approximate surface area is 591 Å². The molecule has 7 N–H and O–H groups in total. The van der Waals surface area contributed by atoms with Crippen molar-refractivity contribution in [3.63, 3.8) is 0 Å². The van der Waals surface area contributed by atoms with Gasteiger partial charge < -0.3 is 41.5 Å². The zero-order chi connectivity index (χ0) is 72.5. The van der Waals surface area contributed by atoms with Crippen molar-refractivity contribution in [3.05, 3.63) is 248 Å². The summed E-state index contributed by atoms with van der Waals surface area (Å²) in [4.78, 5) is 17.6. The number of nitrogens with zero attached hydrogens (tertiary/aromatic N) is 2. The van der Waals surface area contributed by atoms with Crippen LogP contribution in [0.3, 0.4) is 0 Å². The fraction of sp³-hybridized carbons (Fsp3) is 0.488. The molecule has 100 heavy (non-hydrogen) atoms. The molecule has 3 aliphatic heterocycles. The summed E-state index contributed by atoms with van der Waals surface area (Å²) < 4.78 is 80.8. The highest BCUT2D eigenvalue weighted by molar-refractivity contribution is 5.97. The number of likely N-dealkylation sites (tertiary alicyclic amines) is 2. The fourth-order valence-electron chi connectivity index (χ4n) is 14.2. The number of carbonyl (C=O) groups excluding carboxylic acids is 1. The Hall–Kier alpha value is -6.57. The number of rotatable bonds is 24. The van der Waals surface area contributed by atoms with Crippen molar-refractivity contribution in [1.29, 1.82) is 0 Å². The van der Waals surface area contributed by atoms with Gasteiger partial charge in [-0.2, -0.15) is 0 Å². The van der Waals surface area contributed by atoms with E-state index in [2.05, 4.69) is 173 Å². The van der Waals surface area contributed by atoms with Gasteiger partial charge in [0.05, 0.1) is 41.5 Å². The van der Waals surface area contributed by atoms with Crippen LogP contribution < -0.4 is 21.3 Å². The predicted molar refractivity (Wildman–Crippen MR) is 392 cm³/mol. The minimum atomic E-state index is -0.694. The molecule has 0 spiro atoms. The number of hydrogen-bond acceptors (Lipinski definition) is 10. The Kier molecular flexibility index (Phi) is 28.1. The van der Waals surface area contributed by atoms with E-state index >= 15 is 0 Å². The van der Waals surface area contributed by atoms with Gasteiger partial charge in [-0.1, -0.05) is 165 Å². The summed E-state index contributed by atoms with van der Waals surface area (Å²) in [6.45, 7) is 26.6. The third-order valence-electron chi connectivity index (χ3n) is 20.0. The van der Waals surface area contributed by atoms with Crippen LogP contribution >= 0.6 is 0 Å². The Morgan fingerprint density at radius 2 is 0.820 bits per heavy atom. The molecule has 0 aromatic heterocycles. The molecule has 6 atom stereocenters. The molecule has 3 heterocycles. The first kappa shape index (κ1) is 79.1. The van der Waals surface area contributed by atoms with Gasteiger partial charge >= 0.3 is 0 Å². The van der Waals surface area contributed by atoms with Crippen LogP contribution in [-0.2, 0) is 52.1 Å². The van der Waals surface area contributed by atoms with Gasteiger partial charge in [-0.3, -0.25) is 9.69 Å². The number of aliphatic hydroxyl groups is 3. The van der Waals surface area contributed by atoms with Crippen LogP contribution in [0.5, 0.6) is 0 Å². The molecule has 0 saturated carbocycles. The topological polar surface area (TPSA) is 132 Å². The third kappa shape index (κ3) is 23.5. The van der Waals surface area contributed by atoms with E-state index in [0.717, 1.165) is 95.0 Å². The average Bonchev–Trinajstić information content (AvgIpc) is 0.790. The largest absolute Gasteiger partial charge is 0.392 e. The predicted octanol–water partition coefficient (Wildman–Crippen LogP) is 15.2. The Bertz CT molecular complexity index is 3680. The SMILES string of the molecule is CC(C)(C)c1cccc(C2(NCC(O)CCc3cc(F)cc(F)c3)CCCN(CC(=O)c3ccccc3)C2)c1.CC(C)(C)c1cccc(C2(NCC(O)CCc3cc(F)cc(F)c3)CCCNC2)c1.CN1CCCC(NCC(O)CCc2cc(F)cc(F)c2)(c2cccc(C(C)(C)C)c2)C1. The first-order valence-corrected chi connectivity index (χ1v) is 36.0. The number of hydrogen-bond donors (Lipinski definition) is 7. The molecule has 7 aromatic rings. The minimum Gasteiger partial charge on any atom is -0.392 e. The number of benzene rings is 7. The number of carbonyl (C=O) groups is 1. The quantitative estimate of drug-likeness (QED) is 0.0232. The first-order chi connectivity index (χ1) is 47.3. The summed E-state index contributed by atoms with van der Waals surface area (Å²) in [6, 6.07) is 46.0. The standard InChI is InChI=1S/C33H40F2N2O2.C26H36F2N2O.C25H34F2N2O/c1-32(2,3)26-11-7-12-27(19-26)33(36-21-30(38)14-13-24-17-28(34)20-29(35)18-24)15-8-16-37(23-33)22-31(39)25-9-5-4-6-10-25;1-25(2,3)20-7-5-8-21(15-20)26(11-6-12-30(4)18-26)29-17-24(31)10-9-19-13-22(27)16-23(28)14-19;1-24(2,3)19-6-4-7-20(14-19)25(10-5-11-28-17-25)29-16-23(30)9-8-18-12-21(26)15-22(27)13-18/h4-7,9-12,17-20,30,36,38H,8,13-16,21-23H2,1-3H3;5,7-8,13-16,24,29,31H,6,9-12,17-18H2,1-4H3;4,6-7,12-15,23,28-30H,5,8-11,16-17H2,1-3H3. The van der Waals surface area contributed by atoms with E-state index in [1.54, 1.807) is 0 Å². The number of likely N-dealkylation sites (N-methyl/N-ethyl adjacent to an activating group) is 1. The lowest BCUT2D eigenvalue weighted by atomic mass is 9.78. The number of aryl methyl sites for hydroxylation is 3. The van der Waals surface area contributed by atoms with Gasteiger partial charge in [0.2, 0.25) is 0 Å². The third-order valence-corrected chi connectivity index (χ3v) is 20.0. The van der Waals surface area contributed by atoms with Crippen LogP contribution in [0.2, 0.25) is 0 Å². The van der Waals surface area contributed by atoms with Crippen molar-refractivity contribution < 1.29 is 46.5 Å². The Morgan fingerprint density at radius 1 is 0.460 bits per heavy atom.